The summed E-state index contributed by atoms with van der Waals surface area (Å²) in [6.07, 6.45) is 1.71. The molecule has 18 heavy (non-hydrogen) atoms. The average Bonchev–Trinajstić information content (AvgIpc) is 2.35. The Morgan fingerprint density at radius 2 is 2.06 bits per heavy atom. The van der Waals surface area contributed by atoms with E-state index in [1.54, 1.807) is 0 Å². The van der Waals surface area contributed by atoms with Crippen LogP contribution < -0.4 is 10.5 Å². The second-order valence-corrected chi connectivity index (χ2v) is 5.27. The van der Waals surface area contributed by atoms with E-state index in [4.69, 9.17) is 15.7 Å². The molecule has 3 nitrogen and oxygen atoms in total. The lowest BCUT2D eigenvalue weighted by Crippen LogP contribution is -2.11. The number of nitrogens with two attached hydrogens (primary N) is 1. The van der Waals surface area contributed by atoms with Crippen LogP contribution in [0.15, 0.2) is 24.3 Å². The van der Waals surface area contributed by atoms with Crippen molar-refractivity contribution in [3.63, 3.8) is 0 Å². The van der Waals surface area contributed by atoms with Crippen molar-refractivity contribution in [2.24, 2.45) is 11.1 Å². The van der Waals surface area contributed by atoms with Crippen LogP contribution in [0.5, 0.6) is 5.75 Å². The monoisotopic (exact) mass is 246 g/mol. The molecule has 0 saturated carbocycles. The number of hydrogen-bond donors (Lipinski definition) is 1. The van der Waals surface area contributed by atoms with Gasteiger partial charge in [0.05, 0.1) is 18.1 Å². The topological polar surface area (TPSA) is 59.0 Å². The summed E-state index contributed by atoms with van der Waals surface area (Å²) in [5.41, 5.74) is 6.64. The number of ether oxygens (including phenoxy) is 1. The molecule has 0 aliphatic heterocycles. The van der Waals surface area contributed by atoms with Gasteiger partial charge in [0.15, 0.2) is 0 Å². The van der Waals surface area contributed by atoms with Gasteiger partial charge in [-0.25, -0.2) is 0 Å². The third-order valence-corrected chi connectivity index (χ3v) is 2.92. The summed E-state index contributed by atoms with van der Waals surface area (Å²) in [7, 11) is 0. The summed E-state index contributed by atoms with van der Waals surface area (Å²) in [5.74, 6) is 0.849. The fourth-order valence-corrected chi connectivity index (χ4v) is 1.74. The first-order valence-corrected chi connectivity index (χ1v) is 6.35. The third-order valence-electron chi connectivity index (χ3n) is 2.92. The molecule has 0 aromatic heterocycles. The molecule has 0 radical (unpaired) electrons. The summed E-state index contributed by atoms with van der Waals surface area (Å²) in [4.78, 5) is 0. The van der Waals surface area contributed by atoms with Crippen molar-refractivity contribution in [2.45, 2.75) is 39.7 Å². The van der Waals surface area contributed by atoms with E-state index in [1.165, 1.54) is 0 Å². The van der Waals surface area contributed by atoms with Gasteiger partial charge in [-0.1, -0.05) is 18.2 Å². The molecule has 0 saturated heterocycles. The summed E-state index contributed by atoms with van der Waals surface area (Å²) in [5, 5.41) is 8.92. The van der Waals surface area contributed by atoms with Gasteiger partial charge in [0.1, 0.15) is 5.75 Å². The Hall–Kier alpha value is -1.53. The van der Waals surface area contributed by atoms with E-state index in [0.29, 0.717) is 6.61 Å². The van der Waals surface area contributed by atoms with Crippen LogP contribution >= 0.6 is 0 Å². The lowest BCUT2D eigenvalue weighted by Gasteiger charge is -2.16. The van der Waals surface area contributed by atoms with Crippen molar-refractivity contribution < 1.29 is 4.74 Å². The Balaban J connectivity index is 2.48. The smallest absolute Gasteiger partial charge is 0.124 e. The fourth-order valence-electron chi connectivity index (χ4n) is 1.74. The molecule has 0 fully saturated rings. The molecule has 1 atom stereocenters. The zero-order valence-corrected chi connectivity index (χ0v) is 11.4. The molecule has 0 aliphatic carbocycles. The summed E-state index contributed by atoms with van der Waals surface area (Å²) < 4.78 is 5.75. The van der Waals surface area contributed by atoms with Crippen LogP contribution in [0.3, 0.4) is 0 Å². The number of para-hydroxylation sites is 1. The van der Waals surface area contributed by atoms with E-state index in [2.05, 4.69) is 6.07 Å². The highest BCUT2D eigenvalue weighted by atomic mass is 16.5. The van der Waals surface area contributed by atoms with Crippen molar-refractivity contribution in [3.8, 4) is 11.8 Å². The molecule has 98 valence electrons. The summed E-state index contributed by atoms with van der Waals surface area (Å²) in [6, 6.07) is 10.1. The zero-order chi connectivity index (χ0) is 13.6. The molecule has 0 bridgehead atoms. The standard InChI is InChI=1S/C15H22N2O/c1-12(17)13-7-4-5-8-14(13)18-10-6-9-15(2,3)11-16/h4-5,7-8,12H,6,9-10,17H2,1-3H3/t12-/m0/s1. The van der Waals surface area contributed by atoms with Crippen LogP contribution in [0.25, 0.3) is 0 Å². The molecule has 3 heteroatoms. The van der Waals surface area contributed by atoms with E-state index < -0.39 is 0 Å². The number of rotatable bonds is 6. The van der Waals surface area contributed by atoms with Gasteiger partial charge in [0, 0.05) is 11.6 Å². The predicted molar refractivity (Wildman–Crippen MR) is 73.2 cm³/mol. The van der Waals surface area contributed by atoms with Gasteiger partial charge < -0.3 is 10.5 Å². The van der Waals surface area contributed by atoms with Crippen molar-refractivity contribution in [2.75, 3.05) is 6.61 Å². The van der Waals surface area contributed by atoms with Crippen molar-refractivity contribution in [1.29, 1.82) is 5.26 Å². The second kappa shape index (κ2) is 6.42. The molecular weight excluding hydrogens is 224 g/mol. The molecule has 0 aliphatic rings. The Kier molecular flexibility index (Phi) is 5.18. The molecule has 1 aromatic carbocycles. The predicted octanol–water partition coefficient (Wildman–Crippen LogP) is 3.42. The number of hydrogen-bond acceptors (Lipinski definition) is 3. The van der Waals surface area contributed by atoms with Crippen LogP contribution in [-0.2, 0) is 0 Å². The lowest BCUT2D eigenvalue weighted by atomic mass is 9.90. The molecule has 0 heterocycles. The van der Waals surface area contributed by atoms with Gasteiger partial charge in [0.2, 0.25) is 0 Å². The molecular formula is C15H22N2O. The highest BCUT2D eigenvalue weighted by molar-refractivity contribution is 5.35. The highest BCUT2D eigenvalue weighted by Crippen LogP contribution is 2.24. The highest BCUT2D eigenvalue weighted by Gasteiger charge is 2.16. The summed E-state index contributed by atoms with van der Waals surface area (Å²) >= 11 is 0. The fraction of sp³-hybridized carbons (Fsp3) is 0.533. The Morgan fingerprint density at radius 3 is 2.67 bits per heavy atom. The van der Waals surface area contributed by atoms with Gasteiger partial charge in [0.25, 0.3) is 0 Å². The molecule has 0 unspecified atom stereocenters. The Labute approximate surface area is 110 Å². The first-order valence-electron chi connectivity index (χ1n) is 6.35. The molecule has 0 amide bonds. The maximum atomic E-state index is 8.92. The van der Waals surface area contributed by atoms with E-state index >= 15 is 0 Å². The molecule has 0 spiro atoms. The van der Waals surface area contributed by atoms with Crippen LogP contribution in [0, 0.1) is 16.7 Å². The van der Waals surface area contributed by atoms with E-state index in [1.807, 2.05) is 45.0 Å². The van der Waals surface area contributed by atoms with E-state index in [0.717, 1.165) is 24.2 Å². The average molecular weight is 246 g/mol. The van der Waals surface area contributed by atoms with E-state index in [9.17, 15) is 0 Å². The first-order chi connectivity index (χ1) is 8.46. The van der Waals surface area contributed by atoms with Crippen LogP contribution in [-0.4, -0.2) is 6.61 Å². The maximum absolute atomic E-state index is 8.92. The third kappa shape index (κ3) is 4.38. The van der Waals surface area contributed by atoms with Crippen LogP contribution in [0.1, 0.15) is 45.2 Å². The largest absolute Gasteiger partial charge is 0.493 e. The van der Waals surface area contributed by atoms with Crippen LogP contribution in [0.4, 0.5) is 0 Å². The van der Waals surface area contributed by atoms with Gasteiger partial charge in [-0.15, -0.1) is 0 Å². The Morgan fingerprint density at radius 1 is 1.39 bits per heavy atom. The van der Waals surface area contributed by atoms with Crippen molar-refractivity contribution in [3.05, 3.63) is 29.8 Å². The summed E-state index contributed by atoms with van der Waals surface area (Å²) in [6.45, 7) is 6.46. The quantitative estimate of drug-likeness (QED) is 0.782. The van der Waals surface area contributed by atoms with Crippen LogP contribution in [0.2, 0.25) is 0 Å². The minimum Gasteiger partial charge on any atom is -0.493 e. The minimum absolute atomic E-state index is 0.0308. The number of benzene rings is 1. The van der Waals surface area contributed by atoms with Crippen molar-refractivity contribution in [1.82, 2.24) is 0 Å². The second-order valence-electron chi connectivity index (χ2n) is 5.27. The maximum Gasteiger partial charge on any atom is 0.124 e. The van der Waals surface area contributed by atoms with Gasteiger partial charge in [-0.2, -0.15) is 5.26 Å². The molecule has 1 aromatic rings. The van der Waals surface area contributed by atoms with Gasteiger partial charge in [-0.3, -0.25) is 0 Å². The van der Waals surface area contributed by atoms with Crippen molar-refractivity contribution >= 4 is 0 Å². The minimum atomic E-state index is -0.274. The molecule has 2 N–H and O–H groups in total. The molecule has 1 rings (SSSR count). The Bertz CT molecular complexity index is 419. The SMILES string of the molecule is C[C@H](N)c1ccccc1OCCCC(C)(C)C#N. The lowest BCUT2D eigenvalue weighted by molar-refractivity contribution is 0.281. The normalized spacial score (nSPS) is 12.8. The zero-order valence-electron chi connectivity index (χ0n) is 11.4. The van der Waals surface area contributed by atoms with Gasteiger partial charge >= 0.3 is 0 Å². The number of nitriles is 1. The first kappa shape index (κ1) is 14.5. The number of nitrogens with zero attached hydrogens (tertiary/aromatic N) is 1. The van der Waals surface area contributed by atoms with E-state index in [-0.39, 0.29) is 11.5 Å². The van der Waals surface area contributed by atoms with Gasteiger partial charge in [-0.05, 0) is 39.7 Å².